The van der Waals surface area contributed by atoms with Gasteiger partial charge in [-0.25, -0.2) is 4.98 Å². The molecule has 6 heteroatoms. The number of para-hydroxylation sites is 3. The van der Waals surface area contributed by atoms with Crippen LogP contribution >= 0.6 is 15.9 Å². The van der Waals surface area contributed by atoms with Crippen molar-refractivity contribution in [2.24, 2.45) is 0 Å². The summed E-state index contributed by atoms with van der Waals surface area (Å²) in [4.78, 5) is 17.1. The van der Waals surface area contributed by atoms with Gasteiger partial charge in [-0.3, -0.25) is 4.79 Å². The second kappa shape index (κ2) is 8.86. The number of fused-ring (bicyclic) bond motifs is 1. The first kappa shape index (κ1) is 19.2. The van der Waals surface area contributed by atoms with Gasteiger partial charge in [-0.2, -0.15) is 0 Å². The number of benzene rings is 2. The van der Waals surface area contributed by atoms with E-state index in [2.05, 4.69) is 38.5 Å². The lowest BCUT2D eigenvalue weighted by Gasteiger charge is -2.10. The molecule has 0 unspecified atom stereocenters. The normalized spacial score (nSPS) is 10.7. The molecular weight excluding hydrogens is 406 g/mol. The first-order valence-electron chi connectivity index (χ1n) is 8.79. The summed E-state index contributed by atoms with van der Waals surface area (Å²) in [5.41, 5.74) is 2.60. The number of methoxy groups -OCH3 is 1. The quantitative estimate of drug-likeness (QED) is 0.544. The molecule has 0 spiro atoms. The summed E-state index contributed by atoms with van der Waals surface area (Å²) in [7, 11) is 1.56. The molecule has 1 amide bonds. The Morgan fingerprint density at radius 1 is 1.22 bits per heavy atom. The van der Waals surface area contributed by atoms with Crippen LogP contribution in [0.15, 0.2) is 59.6 Å². The fourth-order valence-electron chi connectivity index (χ4n) is 3.04. The number of imidazole rings is 1. The van der Waals surface area contributed by atoms with Crippen LogP contribution in [0.1, 0.15) is 22.6 Å². The topological polar surface area (TPSA) is 56.2 Å². The zero-order valence-electron chi connectivity index (χ0n) is 15.2. The van der Waals surface area contributed by atoms with Gasteiger partial charge in [0.25, 0.3) is 5.91 Å². The maximum Gasteiger partial charge on any atom is 0.255 e. The standard InChI is InChI=1S/C21H22BrN3O2/c1-15(22)14-25-18-10-5-4-9-17(18)24-20(25)12-7-13-23-21(26)16-8-3-6-11-19(16)27-2/h3-6,8-11H,1,7,12-14H2,2H3,(H,23,26). The molecule has 1 N–H and O–H groups in total. The van der Waals surface area contributed by atoms with E-state index in [1.807, 2.05) is 30.3 Å². The fraction of sp³-hybridized carbons (Fsp3) is 0.238. The van der Waals surface area contributed by atoms with Crippen molar-refractivity contribution < 1.29 is 9.53 Å². The van der Waals surface area contributed by atoms with Crippen molar-refractivity contribution in [3.63, 3.8) is 0 Å². The number of carbonyl (C=O) groups excluding carboxylic acids is 1. The number of aryl methyl sites for hydroxylation is 1. The smallest absolute Gasteiger partial charge is 0.255 e. The van der Waals surface area contributed by atoms with E-state index in [0.717, 1.165) is 34.2 Å². The molecule has 3 rings (SSSR count). The Morgan fingerprint density at radius 3 is 2.74 bits per heavy atom. The molecule has 0 aliphatic heterocycles. The molecule has 27 heavy (non-hydrogen) atoms. The Bertz CT molecular complexity index is 965. The van der Waals surface area contributed by atoms with E-state index in [1.165, 1.54) is 0 Å². The summed E-state index contributed by atoms with van der Waals surface area (Å²) >= 11 is 3.44. The number of halogens is 1. The number of aromatic nitrogens is 2. The molecule has 3 aromatic rings. The number of allylic oxidation sites excluding steroid dienone is 1. The number of hydrogen-bond acceptors (Lipinski definition) is 3. The number of nitrogens with zero attached hydrogens (tertiary/aromatic N) is 2. The Kier molecular flexibility index (Phi) is 6.29. The Balaban J connectivity index is 1.64. The molecule has 0 aliphatic rings. The van der Waals surface area contributed by atoms with Crippen LogP contribution in [0.3, 0.4) is 0 Å². The van der Waals surface area contributed by atoms with Gasteiger partial charge in [-0.15, -0.1) is 0 Å². The van der Waals surface area contributed by atoms with Crippen LogP contribution in [-0.4, -0.2) is 29.1 Å². The third-order valence-corrected chi connectivity index (χ3v) is 4.53. The van der Waals surface area contributed by atoms with Crippen molar-refractivity contribution >= 4 is 32.9 Å². The highest BCUT2D eigenvalue weighted by Gasteiger charge is 2.12. The number of hydrogen-bond donors (Lipinski definition) is 1. The molecule has 2 aromatic carbocycles. The van der Waals surface area contributed by atoms with Crippen molar-refractivity contribution in [1.29, 1.82) is 0 Å². The predicted molar refractivity (Wildman–Crippen MR) is 111 cm³/mol. The van der Waals surface area contributed by atoms with Crippen molar-refractivity contribution in [3.05, 3.63) is 71.0 Å². The minimum Gasteiger partial charge on any atom is -0.496 e. The number of carbonyl (C=O) groups is 1. The van der Waals surface area contributed by atoms with E-state index in [9.17, 15) is 4.79 Å². The first-order chi connectivity index (χ1) is 13.1. The highest BCUT2D eigenvalue weighted by atomic mass is 79.9. The maximum atomic E-state index is 12.4. The van der Waals surface area contributed by atoms with Crippen molar-refractivity contribution in [2.75, 3.05) is 13.7 Å². The molecule has 1 heterocycles. The Morgan fingerprint density at radius 2 is 1.96 bits per heavy atom. The monoisotopic (exact) mass is 427 g/mol. The molecule has 0 saturated carbocycles. The lowest BCUT2D eigenvalue weighted by atomic mass is 10.2. The van der Waals surface area contributed by atoms with Crippen LogP contribution in [0, 0.1) is 0 Å². The van der Waals surface area contributed by atoms with Crippen LogP contribution in [0.25, 0.3) is 11.0 Å². The van der Waals surface area contributed by atoms with Gasteiger partial charge in [0, 0.05) is 17.4 Å². The van der Waals surface area contributed by atoms with Gasteiger partial charge in [-0.1, -0.05) is 46.8 Å². The first-order valence-corrected chi connectivity index (χ1v) is 9.58. The van der Waals surface area contributed by atoms with E-state index in [-0.39, 0.29) is 5.91 Å². The molecular formula is C21H22BrN3O2. The van der Waals surface area contributed by atoms with E-state index < -0.39 is 0 Å². The van der Waals surface area contributed by atoms with Gasteiger partial charge in [0.15, 0.2) is 0 Å². The van der Waals surface area contributed by atoms with Crippen LogP contribution < -0.4 is 10.1 Å². The Hall–Kier alpha value is -2.60. The second-order valence-electron chi connectivity index (χ2n) is 6.18. The highest BCUT2D eigenvalue weighted by Crippen LogP contribution is 2.20. The van der Waals surface area contributed by atoms with Gasteiger partial charge in [0.2, 0.25) is 0 Å². The average molecular weight is 428 g/mol. The lowest BCUT2D eigenvalue weighted by Crippen LogP contribution is -2.25. The second-order valence-corrected chi connectivity index (χ2v) is 7.30. The third-order valence-electron chi connectivity index (χ3n) is 4.28. The van der Waals surface area contributed by atoms with Crippen LogP contribution in [0.4, 0.5) is 0 Å². The summed E-state index contributed by atoms with van der Waals surface area (Å²) in [5.74, 6) is 1.44. The Labute approximate surface area is 167 Å². The summed E-state index contributed by atoms with van der Waals surface area (Å²) in [5, 5.41) is 2.96. The third kappa shape index (κ3) is 4.57. The summed E-state index contributed by atoms with van der Waals surface area (Å²) in [6.45, 7) is 5.18. The number of ether oxygens (including phenoxy) is 1. The minimum atomic E-state index is -0.130. The van der Waals surface area contributed by atoms with Gasteiger partial charge in [0.05, 0.1) is 30.3 Å². The summed E-state index contributed by atoms with van der Waals surface area (Å²) < 4.78 is 8.30. The molecule has 1 aromatic heterocycles. The molecule has 0 atom stereocenters. The molecule has 0 radical (unpaired) electrons. The van der Waals surface area contributed by atoms with Crippen molar-refractivity contribution in [2.45, 2.75) is 19.4 Å². The van der Waals surface area contributed by atoms with Gasteiger partial charge < -0.3 is 14.6 Å². The molecule has 0 fully saturated rings. The van der Waals surface area contributed by atoms with Crippen molar-refractivity contribution in [1.82, 2.24) is 14.9 Å². The molecule has 0 saturated heterocycles. The van der Waals surface area contributed by atoms with E-state index >= 15 is 0 Å². The molecule has 0 aliphatic carbocycles. The summed E-state index contributed by atoms with van der Waals surface area (Å²) in [6.07, 6.45) is 1.56. The SMILES string of the molecule is C=C(Br)Cn1c(CCCNC(=O)c2ccccc2OC)nc2ccccc21. The van der Waals surface area contributed by atoms with Crippen LogP contribution in [0.2, 0.25) is 0 Å². The number of amides is 1. The zero-order valence-corrected chi connectivity index (χ0v) is 16.8. The maximum absolute atomic E-state index is 12.4. The number of rotatable bonds is 8. The molecule has 0 bridgehead atoms. The van der Waals surface area contributed by atoms with Gasteiger partial charge in [-0.05, 0) is 30.7 Å². The highest BCUT2D eigenvalue weighted by molar-refractivity contribution is 9.11. The number of nitrogens with one attached hydrogen (secondary N) is 1. The molecule has 140 valence electrons. The van der Waals surface area contributed by atoms with Gasteiger partial charge in [0.1, 0.15) is 11.6 Å². The fourth-order valence-corrected chi connectivity index (χ4v) is 3.29. The zero-order chi connectivity index (χ0) is 19.2. The van der Waals surface area contributed by atoms with E-state index in [0.29, 0.717) is 24.4 Å². The van der Waals surface area contributed by atoms with Crippen molar-refractivity contribution in [3.8, 4) is 5.75 Å². The minimum absolute atomic E-state index is 0.130. The van der Waals surface area contributed by atoms with E-state index in [1.54, 1.807) is 19.2 Å². The van der Waals surface area contributed by atoms with Crippen LogP contribution in [0.5, 0.6) is 5.75 Å². The van der Waals surface area contributed by atoms with E-state index in [4.69, 9.17) is 9.72 Å². The molecule has 5 nitrogen and oxygen atoms in total. The largest absolute Gasteiger partial charge is 0.496 e. The predicted octanol–water partition coefficient (Wildman–Crippen LogP) is 4.32. The summed E-state index contributed by atoms with van der Waals surface area (Å²) in [6, 6.07) is 15.3. The van der Waals surface area contributed by atoms with Crippen LogP contribution in [-0.2, 0) is 13.0 Å². The van der Waals surface area contributed by atoms with Gasteiger partial charge >= 0.3 is 0 Å². The lowest BCUT2D eigenvalue weighted by molar-refractivity contribution is 0.0950. The average Bonchev–Trinajstić information content (AvgIpc) is 3.02.